The van der Waals surface area contributed by atoms with E-state index >= 15 is 0 Å². The molecule has 0 radical (unpaired) electrons. The summed E-state index contributed by atoms with van der Waals surface area (Å²) in [6, 6.07) is 0. The maximum atomic E-state index is 10.2. The van der Waals surface area contributed by atoms with Gasteiger partial charge in [0.1, 0.15) is 0 Å². The predicted octanol–water partition coefficient (Wildman–Crippen LogP) is 3.26. The molecule has 2 rings (SSSR count). The predicted molar refractivity (Wildman–Crippen MR) is 54.6 cm³/mol. The van der Waals surface area contributed by atoms with Gasteiger partial charge in [-0.05, 0) is 31.1 Å². The van der Waals surface area contributed by atoms with Gasteiger partial charge in [0.15, 0.2) is 0 Å². The van der Waals surface area contributed by atoms with Gasteiger partial charge in [0.05, 0.1) is 6.10 Å². The zero-order valence-electron chi connectivity index (χ0n) is 8.60. The summed E-state index contributed by atoms with van der Waals surface area (Å²) in [4.78, 5) is 0. The number of aliphatic hydroxyl groups excluding tert-OH is 1. The van der Waals surface area contributed by atoms with Crippen LogP contribution in [0.4, 0.5) is 0 Å². The minimum atomic E-state index is 0.0234. The van der Waals surface area contributed by atoms with Crippen LogP contribution in [0.3, 0.4) is 0 Å². The standard InChI is InChI=1S/C12H22O/c13-11-7-3-1-4-8-12(11)9-5-2-6-10-12/h11,13H,1-10H2/t11-/m0/s1. The molecule has 2 aliphatic rings. The zero-order chi connectivity index (χ0) is 9.15. The SMILES string of the molecule is O[C@H]1CCCCCC12CCCCC2. The Morgan fingerprint density at radius 1 is 0.769 bits per heavy atom. The molecule has 2 aliphatic carbocycles. The second kappa shape index (κ2) is 4.00. The van der Waals surface area contributed by atoms with E-state index in [4.69, 9.17) is 0 Å². The van der Waals surface area contributed by atoms with Crippen LogP contribution in [-0.4, -0.2) is 11.2 Å². The summed E-state index contributed by atoms with van der Waals surface area (Å²) in [5, 5.41) is 10.2. The average Bonchev–Trinajstić information content (AvgIpc) is 2.33. The molecule has 76 valence electrons. The fourth-order valence-electron chi connectivity index (χ4n) is 3.30. The Morgan fingerprint density at radius 3 is 1.92 bits per heavy atom. The molecule has 0 heterocycles. The number of aliphatic hydroxyl groups is 1. The molecule has 0 aromatic rings. The Morgan fingerprint density at radius 2 is 1.31 bits per heavy atom. The molecule has 0 bridgehead atoms. The lowest BCUT2D eigenvalue weighted by Crippen LogP contribution is -2.36. The first kappa shape index (κ1) is 9.51. The molecule has 2 saturated carbocycles. The first-order valence-corrected chi connectivity index (χ1v) is 6.02. The molecular formula is C12H22O. The minimum absolute atomic E-state index is 0.0234. The third kappa shape index (κ3) is 1.90. The van der Waals surface area contributed by atoms with Gasteiger partial charge >= 0.3 is 0 Å². The highest BCUT2D eigenvalue weighted by Crippen LogP contribution is 2.46. The van der Waals surface area contributed by atoms with E-state index in [1.54, 1.807) is 0 Å². The maximum Gasteiger partial charge on any atom is 0.0596 e. The van der Waals surface area contributed by atoms with E-state index < -0.39 is 0 Å². The van der Waals surface area contributed by atoms with E-state index in [1.807, 2.05) is 0 Å². The molecule has 1 heteroatoms. The van der Waals surface area contributed by atoms with Gasteiger partial charge in [-0.1, -0.05) is 38.5 Å². The number of rotatable bonds is 0. The van der Waals surface area contributed by atoms with Crippen molar-refractivity contribution in [1.29, 1.82) is 0 Å². The quantitative estimate of drug-likeness (QED) is 0.609. The highest BCUT2D eigenvalue weighted by atomic mass is 16.3. The van der Waals surface area contributed by atoms with E-state index in [0.717, 1.165) is 6.42 Å². The highest BCUT2D eigenvalue weighted by Gasteiger charge is 2.38. The van der Waals surface area contributed by atoms with Crippen molar-refractivity contribution in [2.45, 2.75) is 70.3 Å². The van der Waals surface area contributed by atoms with Crippen molar-refractivity contribution in [1.82, 2.24) is 0 Å². The topological polar surface area (TPSA) is 20.2 Å². The second-order valence-corrected chi connectivity index (χ2v) is 5.04. The molecule has 0 unspecified atom stereocenters. The molecule has 1 N–H and O–H groups in total. The largest absolute Gasteiger partial charge is 0.393 e. The van der Waals surface area contributed by atoms with Gasteiger partial charge in [-0.2, -0.15) is 0 Å². The first-order chi connectivity index (χ1) is 6.33. The van der Waals surface area contributed by atoms with Crippen molar-refractivity contribution >= 4 is 0 Å². The van der Waals surface area contributed by atoms with E-state index in [-0.39, 0.29) is 6.10 Å². The van der Waals surface area contributed by atoms with Gasteiger partial charge in [0.25, 0.3) is 0 Å². The number of hydrogen-bond donors (Lipinski definition) is 1. The summed E-state index contributed by atoms with van der Waals surface area (Å²) >= 11 is 0. The Bertz CT molecular complexity index is 159. The fourth-order valence-corrected chi connectivity index (χ4v) is 3.30. The lowest BCUT2D eigenvalue weighted by Gasteiger charge is -2.40. The Labute approximate surface area is 81.5 Å². The van der Waals surface area contributed by atoms with Gasteiger partial charge in [-0.3, -0.25) is 0 Å². The van der Waals surface area contributed by atoms with Crippen molar-refractivity contribution < 1.29 is 5.11 Å². The highest BCUT2D eigenvalue weighted by molar-refractivity contribution is 4.90. The van der Waals surface area contributed by atoms with Crippen molar-refractivity contribution in [2.75, 3.05) is 0 Å². The Hall–Kier alpha value is -0.0400. The summed E-state index contributed by atoms with van der Waals surface area (Å²) < 4.78 is 0. The van der Waals surface area contributed by atoms with Crippen molar-refractivity contribution in [2.24, 2.45) is 5.41 Å². The molecule has 0 amide bonds. The molecular weight excluding hydrogens is 160 g/mol. The maximum absolute atomic E-state index is 10.2. The van der Waals surface area contributed by atoms with Gasteiger partial charge < -0.3 is 5.11 Å². The molecule has 1 nitrogen and oxygen atoms in total. The van der Waals surface area contributed by atoms with E-state index in [2.05, 4.69) is 0 Å². The van der Waals surface area contributed by atoms with E-state index in [0.29, 0.717) is 5.41 Å². The van der Waals surface area contributed by atoms with Gasteiger partial charge in [-0.15, -0.1) is 0 Å². The van der Waals surface area contributed by atoms with Gasteiger partial charge in [0.2, 0.25) is 0 Å². The van der Waals surface area contributed by atoms with Crippen molar-refractivity contribution in [3.8, 4) is 0 Å². The summed E-state index contributed by atoms with van der Waals surface area (Å²) in [5.41, 5.74) is 0.356. The summed E-state index contributed by atoms with van der Waals surface area (Å²) in [5.74, 6) is 0. The van der Waals surface area contributed by atoms with Crippen LogP contribution in [0.2, 0.25) is 0 Å². The second-order valence-electron chi connectivity index (χ2n) is 5.04. The summed E-state index contributed by atoms with van der Waals surface area (Å²) in [6.45, 7) is 0. The van der Waals surface area contributed by atoms with Crippen LogP contribution in [-0.2, 0) is 0 Å². The molecule has 0 aromatic heterocycles. The first-order valence-electron chi connectivity index (χ1n) is 6.02. The monoisotopic (exact) mass is 182 g/mol. The van der Waals surface area contributed by atoms with E-state index in [1.165, 1.54) is 57.8 Å². The zero-order valence-corrected chi connectivity index (χ0v) is 8.60. The van der Waals surface area contributed by atoms with Crippen LogP contribution in [0.5, 0.6) is 0 Å². The fraction of sp³-hybridized carbons (Fsp3) is 1.00. The van der Waals surface area contributed by atoms with E-state index in [9.17, 15) is 5.11 Å². The third-order valence-electron chi connectivity index (χ3n) is 4.21. The smallest absolute Gasteiger partial charge is 0.0596 e. The Kier molecular flexibility index (Phi) is 2.92. The van der Waals surface area contributed by atoms with Crippen LogP contribution in [0.15, 0.2) is 0 Å². The lowest BCUT2D eigenvalue weighted by atomic mass is 9.68. The van der Waals surface area contributed by atoms with Crippen molar-refractivity contribution in [3.63, 3.8) is 0 Å². The molecule has 2 fully saturated rings. The third-order valence-corrected chi connectivity index (χ3v) is 4.21. The van der Waals surface area contributed by atoms with Gasteiger partial charge in [0, 0.05) is 0 Å². The van der Waals surface area contributed by atoms with Gasteiger partial charge in [-0.25, -0.2) is 0 Å². The Balaban J connectivity index is 2.06. The molecule has 0 aromatic carbocycles. The number of hydrogen-bond acceptors (Lipinski definition) is 1. The van der Waals surface area contributed by atoms with Crippen LogP contribution in [0, 0.1) is 5.41 Å². The van der Waals surface area contributed by atoms with Crippen LogP contribution < -0.4 is 0 Å². The lowest BCUT2D eigenvalue weighted by molar-refractivity contribution is -0.00920. The van der Waals surface area contributed by atoms with Crippen molar-refractivity contribution in [3.05, 3.63) is 0 Å². The average molecular weight is 182 g/mol. The minimum Gasteiger partial charge on any atom is -0.393 e. The normalized spacial score (nSPS) is 34.4. The molecule has 13 heavy (non-hydrogen) atoms. The van der Waals surface area contributed by atoms with Crippen LogP contribution in [0.1, 0.15) is 64.2 Å². The molecule has 0 aliphatic heterocycles. The summed E-state index contributed by atoms with van der Waals surface area (Å²) in [6.07, 6.45) is 13.1. The van der Waals surface area contributed by atoms with Crippen LogP contribution >= 0.6 is 0 Å². The summed E-state index contributed by atoms with van der Waals surface area (Å²) in [7, 11) is 0. The van der Waals surface area contributed by atoms with Crippen LogP contribution in [0.25, 0.3) is 0 Å². The molecule has 1 spiro atoms. The molecule has 0 saturated heterocycles. The molecule has 1 atom stereocenters.